The number of thiophene rings is 1. The molecule has 0 aromatic carbocycles. The standard InChI is InChI=1S/C24H34N8S/c1-14-13-29-10-4-12-32(14)23-30-11-7-16(31-23)19(25)15-6-9-24(21(15)28-2)8-3-5-17-18(24)20(26)22(27)33-17/h7,11,14,25,28-29H,3-6,8-10,12-13,26-27H2,1-2H3/t14-,24?/m0/s1. The summed E-state index contributed by atoms with van der Waals surface area (Å²) in [6.07, 6.45) is 7.79. The highest BCUT2D eigenvalue weighted by Gasteiger charge is 2.48. The van der Waals surface area contributed by atoms with Crippen molar-refractivity contribution in [2.45, 2.75) is 56.9 Å². The van der Waals surface area contributed by atoms with Crippen molar-refractivity contribution >= 4 is 33.7 Å². The van der Waals surface area contributed by atoms with Crippen LogP contribution < -0.4 is 27.0 Å². The average Bonchev–Trinajstić information content (AvgIpc) is 3.22. The van der Waals surface area contributed by atoms with Crippen molar-refractivity contribution < 1.29 is 0 Å². The molecule has 1 spiro atoms. The van der Waals surface area contributed by atoms with Crippen molar-refractivity contribution in [3.05, 3.63) is 39.7 Å². The van der Waals surface area contributed by atoms with Crippen LogP contribution in [0.25, 0.3) is 0 Å². The van der Waals surface area contributed by atoms with Crippen molar-refractivity contribution in [3.63, 3.8) is 0 Å². The molecular weight excluding hydrogens is 432 g/mol. The van der Waals surface area contributed by atoms with Gasteiger partial charge in [0.2, 0.25) is 5.95 Å². The van der Waals surface area contributed by atoms with E-state index in [1.165, 1.54) is 10.4 Å². The Morgan fingerprint density at radius 2 is 2.15 bits per heavy atom. The van der Waals surface area contributed by atoms with Crippen molar-refractivity contribution in [1.29, 1.82) is 5.41 Å². The van der Waals surface area contributed by atoms with E-state index in [2.05, 4.69) is 27.4 Å². The van der Waals surface area contributed by atoms with Crippen LogP contribution in [-0.2, 0) is 11.8 Å². The van der Waals surface area contributed by atoms with Crippen LogP contribution in [0.3, 0.4) is 0 Å². The maximum atomic E-state index is 9.14. The van der Waals surface area contributed by atoms with Gasteiger partial charge in [-0.25, -0.2) is 9.97 Å². The van der Waals surface area contributed by atoms with E-state index in [0.29, 0.717) is 23.4 Å². The van der Waals surface area contributed by atoms with E-state index in [1.807, 2.05) is 13.1 Å². The molecule has 0 bridgehead atoms. The maximum absolute atomic E-state index is 9.14. The zero-order valence-corrected chi connectivity index (χ0v) is 20.3. The highest BCUT2D eigenvalue weighted by atomic mass is 32.1. The molecule has 0 radical (unpaired) electrons. The second kappa shape index (κ2) is 8.61. The zero-order valence-electron chi connectivity index (χ0n) is 19.5. The van der Waals surface area contributed by atoms with E-state index in [9.17, 15) is 0 Å². The van der Waals surface area contributed by atoms with Gasteiger partial charge in [0.25, 0.3) is 0 Å². The molecule has 1 unspecified atom stereocenters. The van der Waals surface area contributed by atoms with Gasteiger partial charge in [-0.3, -0.25) is 5.41 Å². The summed E-state index contributed by atoms with van der Waals surface area (Å²) < 4.78 is 0. The summed E-state index contributed by atoms with van der Waals surface area (Å²) in [5.74, 6) is 0.711. The number of aromatic nitrogens is 2. The van der Waals surface area contributed by atoms with E-state index >= 15 is 0 Å². The first-order valence-corrected chi connectivity index (χ1v) is 12.8. The lowest BCUT2D eigenvalue weighted by Crippen LogP contribution is -2.38. The van der Waals surface area contributed by atoms with Gasteiger partial charge in [-0.1, -0.05) is 0 Å². The average molecular weight is 467 g/mol. The van der Waals surface area contributed by atoms with Crippen molar-refractivity contribution in [1.82, 2.24) is 20.6 Å². The topological polar surface area (TPSA) is 129 Å². The number of hydrogen-bond acceptors (Lipinski definition) is 9. The first-order chi connectivity index (χ1) is 16.0. The number of nitrogens with zero attached hydrogens (tertiary/aromatic N) is 3. The number of fused-ring (bicyclic) bond motifs is 2. The predicted molar refractivity (Wildman–Crippen MR) is 136 cm³/mol. The molecule has 2 aromatic heterocycles. The molecule has 1 fully saturated rings. The normalized spacial score (nSPS) is 25.3. The van der Waals surface area contributed by atoms with E-state index in [4.69, 9.17) is 21.9 Å². The fraction of sp³-hybridized carbons (Fsp3) is 0.542. The Bertz CT molecular complexity index is 1110. The Labute approximate surface area is 199 Å². The summed E-state index contributed by atoms with van der Waals surface area (Å²) in [6, 6.07) is 2.17. The van der Waals surface area contributed by atoms with Gasteiger partial charge in [0.1, 0.15) is 5.00 Å². The molecule has 0 saturated carbocycles. The number of nitrogens with one attached hydrogen (secondary N) is 3. The van der Waals surface area contributed by atoms with Gasteiger partial charge >= 0.3 is 0 Å². The number of rotatable bonds is 4. The number of likely N-dealkylation sites (N-methyl/N-ethyl adjacent to an activating group) is 1. The third-order valence-electron chi connectivity index (χ3n) is 7.55. The molecular formula is C24H34N8S. The third kappa shape index (κ3) is 3.58. The number of nitrogens with two attached hydrogens (primary N) is 2. The zero-order chi connectivity index (χ0) is 23.2. The Hall–Kier alpha value is -2.65. The molecule has 2 aliphatic carbocycles. The minimum Gasteiger partial charge on any atom is -0.396 e. The van der Waals surface area contributed by atoms with Gasteiger partial charge in [-0.2, -0.15) is 0 Å². The second-order valence-electron chi connectivity index (χ2n) is 9.43. The van der Waals surface area contributed by atoms with Crippen LogP contribution in [0.15, 0.2) is 23.5 Å². The van der Waals surface area contributed by atoms with Crippen LogP contribution in [0.5, 0.6) is 0 Å². The number of anilines is 3. The monoisotopic (exact) mass is 466 g/mol. The van der Waals surface area contributed by atoms with Gasteiger partial charge in [-0.15, -0.1) is 11.3 Å². The molecule has 1 saturated heterocycles. The summed E-state index contributed by atoms with van der Waals surface area (Å²) in [4.78, 5) is 13.0. The lowest BCUT2D eigenvalue weighted by atomic mass is 9.69. The quantitative estimate of drug-likeness (QED) is 0.438. The van der Waals surface area contributed by atoms with Crippen LogP contribution >= 0.6 is 11.3 Å². The lowest BCUT2D eigenvalue weighted by Gasteiger charge is -2.37. The van der Waals surface area contributed by atoms with Crippen molar-refractivity contribution in [2.75, 3.05) is 43.0 Å². The van der Waals surface area contributed by atoms with Crippen LogP contribution in [-0.4, -0.2) is 48.4 Å². The first-order valence-electron chi connectivity index (χ1n) is 11.9. The third-order valence-corrected chi connectivity index (χ3v) is 8.64. The number of hydrogen-bond donors (Lipinski definition) is 5. The Balaban J connectivity index is 1.52. The van der Waals surface area contributed by atoms with Gasteiger partial charge in [0.15, 0.2) is 0 Å². The Morgan fingerprint density at radius 3 is 2.97 bits per heavy atom. The van der Waals surface area contributed by atoms with Crippen molar-refractivity contribution in [3.8, 4) is 0 Å². The summed E-state index contributed by atoms with van der Waals surface area (Å²) in [5, 5.41) is 16.8. The molecule has 3 heterocycles. The SMILES string of the molecule is CNC1=C(C(=N)c2ccnc(N3CCCNC[C@@H]3C)n2)CCC12CCCc1sc(N)c(N)c12. The minimum absolute atomic E-state index is 0.178. The molecule has 8 nitrogen and oxygen atoms in total. The van der Waals surface area contributed by atoms with E-state index in [-0.39, 0.29) is 5.41 Å². The largest absolute Gasteiger partial charge is 0.396 e. The molecule has 1 aliphatic heterocycles. The maximum Gasteiger partial charge on any atom is 0.226 e. The van der Waals surface area contributed by atoms with Crippen LogP contribution in [0.2, 0.25) is 0 Å². The minimum atomic E-state index is -0.178. The van der Waals surface area contributed by atoms with Gasteiger partial charge in [-0.05, 0) is 63.6 Å². The molecule has 0 amide bonds. The van der Waals surface area contributed by atoms with Crippen molar-refractivity contribution in [2.24, 2.45) is 0 Å². The van der Waals surface area contributed by atoms with Gasteiger partial charge in [0, 0.05) is 53.9 Å². The molecule has 7 N–H and O–H groups in total. The highest BCUT2D eigenvalue weighted by molar-refractivity contribution is 7.16. The van der Waals surface area contributed by atoms with Crippen LogP contribution in [0.1, 0.15) is 55.2 Å². The molecule has 5 rings (SSSR count). The molecule has 9 heteroatoms. The fourth-order valence-electron chi connectivity index (χ4n) is 6.00. The van der Waals surface area contributed by atoms with E-state index in [1.54, 1.807) is 17.5 Å². The summed E-state index contributed by atoms with van der Waals surface area (Å²) in [5.41, 5.74) is 17.8. The number of aryl methyl sites for hydroxylation is 1. The predicted octanol–water partition coefficient (Wildman–Crippen LogP) is 2.80. The molecule has 3 aliphatic rings. The molecule has 33 heavy (non-hydrogen) atoms. The van der Waals surface area contributed by atoms with E-state index < -0.39 is 0 Å². The fourth-order valence-corrected chi connectivity index (χ4v) is 7.13. The molecule has 2 atom stereocenters. The number of nitrogen functional groups attached to an aromatic ring is 2. The summed E-state index contributed by atoms with van der Waals surface area (Å²) in [7, 11) is 1.97. The lowest BCUT2D eigenvalue weighted by molar-refractivity contribution is 0.406. The summed E-state index contributed by atoms with van der Waals surface area (Å²) >= 11 is 1.63. The smallest absolute Gasteiger partial charge is 0.226 e. The Morgan fingerprint density at radius 1 is 1.30 bits per heavy atom. The second-order valence-corrected chi connectivity index (χ2v) is 10.6. The highest BCUT2D eigenvalue weighted by Crippen LogP contribution is 2.56. The number of allylic oxidation sites excluding steroid dienone is 2. The molecule has 176 valence electrons. The summed E-state index contributed by atoms with van der Waals surface area (Å²) in [6.45, 7) is 5.03. The van der Waals surface area contributed by atoms with Crippen LogP contribution in [0, 0.1) is 5.41 Å². The first kappa shape index (κ1) is 22.2. The van der Waals surface area contributed by atoms with Gasteiger partial charge < -0.3 is 27.0 Å². The van der Waals surface area contributed by atoms with E-state index in [0.717, 1.165) is 80.1 Å². The molecule has 2 aromatic rings. The van der Waals surface area contributed by atoms with Crippen LogP contribution in [0.4, 0.5) is 16.6 Å². The Kier molecular flexibility index (Phi) is 5.78. The van der Waals surface area contributed by atoms with Gasteiger partial charge in [0.05, 0.1) is 17.1 Å².